The number of para-hydroxylation sites is 1. The van der Waals surface area contributed by atoms with Gasteiger partial charge in [0.2, 0.25) is 5.89 Å². The fourth-order valence-corrected chi connectivity index (χ4v) is 4.42. The fraction of sp³-hybridized carbons (Fsp3) is 0.333. The molecule has 1 amide bonds. The van der Waals surface area contributed by atoms with Gasteiger partial charge < -0.3 is 9.42 Å². The number of piperidine rings is 1. The largest absolute Gasteiger partial charge is 0.339 e. The van der Waals surface area contributed by atoms with Gasteiger partial charge in [-0.3, -0.25) is 9.80 Å². The molecule has 1 aromatic heterocycles. The van der Waals surface area contributed by atoms with E-state index in [-0.39, 0.29) is 17.9 Å². The van der Waals surface area contributed by atoms with Gasteiger partial charge in [0.25, 0.3) is 5.91 Å². The van der Waals surface area contributed by atoms with Crippen molar-refractivity contribution in [2.75, 3.05) is 18.1 Å². The highest BCUT2D eigenvalue weighted by Gasteiger charge is 2.36. The number of carbonyl (C=O) groups excluding carboxylic acids is 1. The number of hydrogen-bond acceptors (Lipinski definition) is 6. The highest BCUT2D eigenvalue weighted by Crippen LogP contribution is 2.36. The Bertz CT molecular complexity index is 1080. The summed E-state index contributed by atoms with van der Waals surface area (Å²) in [5, 5.41) is 10.7. The first-order chi connectivity index (χ1) is 15.2. The molecule has 0 bridgehead atoms. The van der Waals surface area contributed by atoms with Crippen molar-refractivity contribution in [3.8, 4) is 0 Å². The number of hydrogen-bond donors (Lipinski definition) is 0. The van der Waals surface area contributed by atoms with E-state index in [2.05, 4.69) is 22.3 Å². The minimum absolute atomic E-state index is 0.000277. The first kappa shape index (κ1) is 19.5. The van der Waals surface area contributed by atoms with Gasteiger partial charge in [-0.15, -0.1) is 0 Å². The smallest absolute Gasteiger partial charge is 0.270 e. The highest BCUT2D eigenvalue weighted by atomic mass is 16.5. The molecule has 0 radical (unpaired) electrons. The van der Waals surface area contributed by atoms with Crippen LogP contribution in [0.2, 0.25) is 0 Å². The fourth-order valence-electron chi connectivity index (χ4n) is 4.42. The molecule has 0 spiro atoms. The molecule has 2 aliphatic rings. The summed E-state index contributed by atoms with van der Waals surface area (Å²) in [7, 11) is 0. The molecule has 1 fully saturated rings. The first-order valence-corrected chi connectivity index (χ1v) is 10.8. The minimum Gasteiger partial charge on any atom is -0.339 e. The van der Waals surface area contributed by atoms with Gasteiger partial charge in [0.1, 0.15) is 5.71 Å². The summed E-state index contributed by atoms with van der Waals surface area (Å²) in [6, 6.07) is 20.3. The van der Waals surface area contributed by atoms with Crippen molar-refractivity contribution in [3.05, 3.63) is 77.9 Å². The Morgan fingerprint density at radius 1 is 1.06 bits per heavy atom. The van der Waals surface area contributed by atoms with E-state index in [9.17, 15) is 4.79 Å². The van der Waals surface area contributed by atoms with Gasteiger partial charge in [0.05, 0.1) is 17.6 Å². The lowest BCUT2D eigenvalue weighted by molar-refractivity contribution is -0.125. The van der Waals surface area contributed by atoms with E-state index in [0.29, 0.717) is 30.4 Å². The van der Waals surface area contributed by atoms with Gasteiger partial charge in [0, 0.05) is 19.5 Å². The Labute approximate surface area is 181 Å². The average Bonchev–Trinajstić information content (AvgIpc) is 3.47. The molecule has 0 saturated carbocycles. The van der Waals surface area contributed by atoms with E-state index in [1.165, 1.54) is 0 Å². The summed E-state index contributed by atoms with van der Waals surface area (Å²) in [5.41, 5.74) is 2.73. The molecule has 5 rings (SSSR count). The zero-order chi connectivity index (χ0) is 21.2. The van der Waals surface area contributed by atoms with Crippen LogP contribution < -0.4 is 5.01 Å². The van der Waals surface area contributed by atoms with Crippen LogP contribution in [0.15, 0.2) is 70.3 Å². The molecule has 2 atom stereocenters. The highest BCUT2D eigenvalue weighted by molar-refractivity contribution is 6.39. The standard InChI is InChI=1S/C24H25N5O2/c1-17-25-23(31-27-17)19-11-8-14-28(16-19)24(30)21-15-22(18-9-4-2-5-10-18)29(26-21)20-12-6-3-7-13-20/h2-7,9-10,12-13,19,22H,8,11,14-16H2,1H3. The predicted octanol–water partition coefficient (Wildman–Crippen LogP) is 4.09. The summed E-state index contributed by atoms with van der Waals surface area (Å²) in [4.78, 5) is 19.7. The van der Waals surface area contributed by atoms with Crippen LogP contribution in [0.3, 0.4) is 0 Å². The molecule has 0 N–H and O–H groups in total. The molecule has 3 aromatic rings. The summed E-state index contributed by atoms with van der Waals surface area (Å²) in [5.74, 6) is 1.33. The molecule has 158 valence electrons. The first-order valence-electron chi connectivity index (χ1n) is 10.8. The van der Waals surface area contributed by atoms with Crippen molar-refractivity contribution >= 4 is 17.3 Å². The Morgan fingerprint density at radius 3 is 2.52 bits per heavy atom. The zero-order valence-electron chi connectivity index (χ0n) is 17.5. The molecule has 7 nitrogen and oxygen atoms in total. The van der Waals surface area contributed by atoms with E-state index in [4.69, 9.17) is 9.62 Å². The third-order valence-electron chi connectivity index (χ3n) is 5.96. The normalized spacial score (nSPS) is 21.3. The second kappa shape index (κ2) is 8.34. The van der Waals surface area contributed by atoms with Gasteiger partial charge >= 0.3 is 0 Å². The lowest BCUT2D eigenvalue weighted by atomic mass is 9.96. The maximum Gasteiger partial charge on any atom is 0.270 e. The van der Waals surface area contributed by atoms with Crippen LogP contribution in [0.5, 0.6) is 0 Å². The predicted molar refractivity (Wildman–Crippen MR) is 118 cm³/mol. The number of anilines is 1. The van der Waals surface area contributed by atoms with Crippen molar-refractivity contribution in [1.82, 2.24) is 15.0 Å². The number of rotatable bonds is 4. The van der Waals surface area contributed by atoms with Crippen LogP contribution in [0.1, 0.15) is 48.5 Å². The number of aromatic nitrogens is 2. The molecular weight excluding hydrogens is 390 g/mol. The third kappa shape index (κ3) is 3.95. The van der Waals surface area contributed by atoms with Gasteiger partial charge in [0.15, 0.2) is 5.82 Å². The van der Waals surface area contributed by atoms with Gasteiger partial charge in [-0.1, -0.05) is 53.7 Å². The van der Waals surface area contributed by atoms with E-state index in [1.54, 1.807) is 0 Å². The molecule has 2 aliphatic heterocycles. The summed E-state index contributed by atoms with van der Waals surface area (Å²) in [6.07, 6.45) is 2.44. The third-order valence-corrected chi connectivity index (χ3v) is 5.96. The van der Waals surface area contributed by atoms with E-state index >= 15 is 0 Å². The van der Waals surface area contributed by atoms with E-state index in [0.717, 1.165) is 30.6 Å². The molecule has 2 unspecified atom stereocenters. The van der Waals surface area contributed by atoms with Crippen LogP contribution in [0.4, 0.5) is 5.69 Å². The average molecular weight is 415 g/mol. The number of benzene rings is 2. The van der Waals surface area contributed by atoms with Gasteiger partial charge in [-0.05, 0) is 37.5 Å². The molecule has 2 aromatic carbocycles. The number of carbonyl (C=O) groups is 1. The van der Waals surface area contributed by atoms with Crippen molar-refractivity contribution in [3.63, 3.8) is 0 Å². The van der Waals surface area contributed by atoms with Crippen LogP contribution in [0.25, 0.3) is 0 Å². The molecule has 3 heterocycles. The van der Waals surface area contributed by atoms with Crippen molar-refractivity contribution in [1.29, 1.82) is 0 Å². The monoisotopic (exact) mass is 415 g/mol. The second-order valence-corrected chi connectivity index (χ2v) is 8.13. The SMILES string of the molecule is Cc1noc(C2CCCN(C(=O)C3=NN(c4ccccc4)C(c4ccccc4)C3)C2)n1. The summed E-state index contributed by atoms with van der Waals surface area (Å²) in [6.45, 7) is 3.12. The van der Waals surface area contributed by atoms with Crippen LogP contribution in [-0.2, 0) is 4.79 Å². The van der Waals surface area contributed by atoms with Crippen molar-refractivity contribution < 1.29 is 9.32 Å². The number of nitrogens with zero attached hydrogens (tertiary/aromatic N) is 5. The number of hydrazone groups is 1. The lowest BCUT2D eigenvalue weighted by Crippen LogP contribution is -2.42. The second-order valence-electron chi connectivity index (χ2n) is 8.13. The zero-order valence-corrected chi connectivity index (χ0v) is 17.5. The molecule has 0 aliphatic carbocycles. The molecule has 31 heavy (non-hydrogen) atoms. The van der Waals surface area contributed by atoms with Gasteiger partial charge in [-0.25, -0.2) is 0 Å². The quantitative estimate of drug-likeness (QED) is 0.642. The van der Waals surface area contributed by atoms with Crippen molar-refractivity contribution in [2.24, 2.45) is 5.10 Å². The maximum atomic E-state index is 13.4. The lowest BCUT2D eigenvalue weighted by Gasteiger charge is -2.30. The van der Waals surface area contributed by atoms with Crippen molar-refractivity contribution in [2.45, 2.75) is 38.1 Å². The summed E-state index contributed by atoms with van der Waals surface area (Å²) >= 11 is 0. The number of likely N-dealkylation sites (tertiary alicyclic amines) is 1. The van der Waals surface area contributed by atoms with Crippen LogP contribution in [0, 0.1) is 6.92 Å². The Kier molecular flexibility index (Phi) is 5.24. The minimum atomic E-state index is 0.000277. The maximum absolute atomic E-state index is 13.4. The van der Waals surface area contributed by atoms with E-state index < -0.39 is 0 Å². The Morgan fingerprint density at radius 2 is 1.81 bits per heavy atom. The van der Waals surface area contributed by atoms with E-state index in [1.807, 2.05) is 65.4 Å². The Hall–Kier alpha value is -3.48. The molecular formula is C24H25N5O2. The topological polar surface area (TPSA) is 74.8 Å². The Balaban J connectivity index is 1.39. The number of aryl methyl sites for hydroxylation is 1. The van der Waals surface area contributed by atoms with Crippen LogP contribution >= 0.6 is 0 Å². The number of amides is 1. The van der Waals surface area contributed by atoms with Gasteiger partial charge in [-0.2, -0.15) is 10.1 Å². The molecule has 1 saturated heterocycles. The summed E-state index contributed by atoms with van der Waals surface area (Å²) < 4.78 is 5.37. The molecule has 7 heteroatoms. The van der Waals surface area contributed by atoms with Crippen LogP contribution in [-0.4, -0.2) is 39.7 Å².